The molecule has 2 unspecified atom stereocenters. The molecule has 2 atom stereocenters. The van der Waals surface area contributed by atoms with Crippen LogP contribution in [0, 0.1) is 0 Å². The van der Waals surface area contributed by atoms with Crippen LogP contribution in [0.15, 0.2) is 48.6 Å². The molecule has 0 bridgehead atoms. The summed E-state index contributed by atoms with van der Waals surface area (Å²) < 4.78 is 5.46. The Hall–Kier alpha value is -2.18. The maximum Gasteiger partial charge on any atom is 0.305 e. The average Bonchev–Trinajstić information content (AvgIpc) is 3.36. The van der Waals surface area contributed by atoms with E-state index in [1.165, 1.54) is 218 Å². The van der Waals surface area contributed by atoms with Gasteiger partial charge in [0.2, 0.25) is 5.91 Å². The SMILES string of the molecule is CCCCC/C=C\C/C=C\CCCCCCCCCCCC(=O)OCCCCCC/C=C\CCCC(=O)NC(CO)C(O)/C=C/CCCCCCCCCCCCCCCCCCCCCCCCC. The molecule has 0 aromatic carbocycles. The van der Waals surface area contributed by atoms with Crippen LogP contribution in [0.2, 0.25) is 0 Å². The lowest BCUT2D eigenvalue weighted by Crippen LogP contribution is -2.45. The molecule has 410 valence electrons. The Morgan fingerprint density at radius 3 is 1.16 bits per heavy atom. The molecule has 0 saturated carbocycles. The monoisotopic (exact) mass is 982 g/mol. The normalized spacial score (nSPS) is 12.9. The molecule has 3 N–H and O–H groups in total. The predicted octanol–water partition coefficient (Wildman–Crippen LogP) is 19.4. The highest BCUT2D eigenvalue weighted by Gasteiger charge is 2.18. The van der Waals surface area contributed by atoms with Gasteiger partial charge in [0, 0.05) is 12.8 Å². The summed E-state index contributed by atoms with van der Waals surface area (Å²) in [7, 11) is 0. The summed E-state index contributed by atoms with van der Waals surface area (Å²) in [5.41, 5.74) is 0. The number of hydrogen-bond acceptors (Lipinski definition) is 5. The summed E-state index contributed by atoms with van der Waals surface area (Å²) in [5, 5.41) is 23.2. The zero-order valence-corrected chi connectivity index (χ0v) is 46.7. The van der Waals surface area contributed by atoms with Crippen LogP contribution in [-0.2, 0) is 14.3 Å². The summed E-state index contributed by atoms with van der Waals surface area (Å²) in [6.45, 7) is 4.80. The Bertz CT molecular complexity index is 1180. The van der Waals surface area contributed by atoms with Gasteiger partial charge in [0.15, 0.2) is 0 Å². The molecule has 1 amide bonds. The average molecular weight is 983 g/mol. The minimum Gasteiger partial charge on any atom is -0.466 e. The molecule has 0 heterocycles. The molecular weight excluding hydrogens is 863 g/mol. The van der Waals surface area contributed by atoms with E-state index in [1.807, 2.05) is 6.08 Å². The van der Waals surface area contributed by atoms with Gasteiger partial charge in [0.05, 0.1) is 25.4 Å². The third-order valence-corrected chi connectivity index (χ3v) is 14.1. The van der Waals surface area contributed by atoms with E-state index >= 15 is 0 Å². The Kier molecular flexibility index (Phi) is 57.5. The number of amides is 1. The van der Waals surface area contributed by atoms with Crippen LogP contribution in [0.5, 0.6) is 0 Å². The second kappa shape index (κ2) is 59.4. The second-order valence-corrected chi connectivity index (χ2v) is 21.0. The number of aliphatic hydroxyl groups is 2. The first-order chi connectivity index (χ1) is 34.5. The van der Waals surface area contributed by atoms with Crippen LogP contribution in [0.4, 0.5) is 0 Å². The summed E-state index contributed by atoms with van der Waals surface area (Å²) in [6.07, 6.45) is 75.8. The quantitative estimate of drug-likeness (QED) is 0.0321. The van der Waals surface area contributed by atoms with Crippen molar-refractivity contribution in [3.8, 4) is 0 Å². The van der Waals surface area contributed by atoms with Crippen molar-refractivity contribution in [1.82, 2.24) is 5.32 Å². The molecule has 6 nitrogen and oxygen atoms in total. The molecule has 70 heavy (non-hydrogen) atoms. The van der Waals surface area contributed by atoms with Gasteiger partial charge in [-0.25, -0.2) is 0 Å². The van der Waals surface area contributed by atoms with E-state index in [-0.39, 0.29) is 18.5 Å². The smallest absolute Gasteiger partial charge is 0.305 e. The molecule has 0 spiro atoms. The van der Waals surface area contributed by atoms with Crippen LogP contribution >= 0.6 is 0 Å². The molecule has 0 aliphatic heterocycles. The van der Waals surface area contributed by atoms with Crippen molar-refractivity contribution in [2.75, 3.05) is 13.2 Å². The number of aliphatic hydroxyl groups excluding tert-OH is 2. The van der Waals surface area contributed by atoms with Crippen LogP contribution in [0.3, 0.4) is 0 Å². The largest absolute Gasteiger partial charge is 0.466 e. The highest BCUT2D eigenvalue weighted by atomic mass is 16.5. The van der Waals surface area contributed by atoms with Crippen molar-refractivity contribution in [2.45, 2.75) is 334 Å². The lowest BCUT2D eigenvalue weighted by atomic mass is 10.0. The van der Waals surface area contributed by atoms with Crippen LogP contribution < -0.4 is 5.32 Å². The number of carbonyl (C=O) groups excluding carboxylic acids is 2. The van der Waals surface area contributed by atoms with Gasteiger partial charge in [0.1, 0.15) is 0 Å². The fourth-order valence-corrected chi connectivity index (χ4v) is 9.32. The Balaban J connectivity index is 3.54. The first-order valence-corrected chi connectivity index (χ1v) is 30.9. The number of hydrogen-bond donors (Lipinski definition) is 3. The minimum absolute atomic E-state index is 0.0414. The topological polar surface area (TPSA) is 95.9 Å². The molecule has 0 fully saturated rings. The first-order valence-electron chi connectivity index (χ1n) is 30.9. The highest BCUT2D eigenvalue weighted by molar-refractivity contribution is 5.76. The molecule has 0 saturated heterocycles. The van der Waals surface area contributed by atoms with E-state index in [0.717, 1.165) is 77.0 Å². The van der Waals surface area contributed by atoms with Crippen molar-refractivity contribution < 1.29 is 24.5 Å². The van der Waals surface area contributed by atoms with Crippen LogP contribution in [0.25, 0.3) is 0 Å². The van der Waals surface area contributed by atoms with Crippen molar-refractivity contribution in [2.24, 2.45) is 0 Å². The molecule has 0 aromatic heterocycles. The third-order valence-electron chi connectivity index (χ3n) is 14.1. The van der Waals surface area contributed by atoms with E-state index < -0.39 is 12.1 Å². The number of nitrogens with one attached hydrogen (secondary N) is 1. The number of carbonyl (C=O) groups is 2. The lowest BCUT2D eigenvalue weighted by Gasteiger charge is -2.19. The molecule has 6 heteroatoms. The van der Waals surface area contributed by atoms with E-state index in [4.69, 9.17) is 4.74 Å². The number of unbranched alkanes of at least 4 members (excludes halogenated alkanes) is 40. The van der Waals surface area contributed by atoms with E-state index in [1.54, 1.807) is 6.08 Å². The number of ether oxygens (including phenoxy) is 1. The summed E-state index contributed by atoms with van der Waals surface area (Å²) >= 11 is 0. The standard InChI is InChI=1S/C64H119NO5/c1-3-5-7-9-11-13-15-17-19-21-23-24-25-26-27-28-30-31-33-35-37-40-44-48-52-56-62(67)61(60-66)65-63(68)57-53-49-45-41-39-43-47-51-55-59-70-64(69)58-54-50-46-42-38-36-34-32-29-22-20-18-16-14-12-10-8-6-4-2/h12,14,18,20,41,45,52,56,61-62,66-67H,3-11,13,15-17,19,21-40,42-44,46-51,53-55,57-60H2,1-2H3,(H,65,68)/b14-12-,20-18-,45-41-,56-52+. The fraction of sp³-hybridized carbons (Fsp3) is 0.844. The van der Waals surface area contributed by atoms with Gasteiger partial charge in [-0.05, 0) is 83.5 Å². The van der Waals surface area contributed by atoms with E-state index in [0.29, 0.717) is 19.4 Å². The molecule has 0 aliphatic carbocycles. The Labute approximate surface area is 436 Å². The highest BCUT2D eigenvalue weighted by Crippen LogP contribution is 2.17. The lowest BCUT2D eigenvalue weighted by molar-refractivity contribution is -0.143. The first kappa shape index (κ1) is 67.8. The second-order valence-electron chi connectivity index (χ2n) is 21.0. The van der Waals surface area contributed by atoms with Crippen molar-refractivity contribution >= 4 is 11.9 Å². The van der Waals surface area contributed by atoms with Gasteiger partial charge in [-0.2, -0.15) is 0 Å². The maximum atomic E-state index is 12.5. The minimum atomic E-state index is -0.878. The maximum absolute atomic E-state index is 12.5. The zero-order valence-electron chi connectivity index (χ0n) is 46.7. The van der Waals surface area contributed by atoms with E-state index in [9.17, 15) is 19.8 Å². The van der Waals surface area contributed by atoms with Crippen molar-refractivity contribution in [1.29, 1.82) is 0 Å². The predicted molar refractivity (Wildman–Crippen MR) is 306 cm³/mol. The van der Waals surface area contributed by atoms with Gasteiger partial charge in [-0.3, -0.25) is 9.59 Å². The summed E-state index contributed by atoms with van der Waals surface area (Å²) in [5.74, 6) is -0.168. The molecule has 0 radical (unpaired) electrons. The fourth-order valence-electron chi connectivity index (χ4n) is 9.32. The number of allylic oxidation sites excluding steroid dienone is 7. The van der Waals surface area contributed by atoms with Gasteiger partial charge < -0.3 is 20.3 Å². The zero-order chi connectivity index (χ0) is 50.7. The molecule has 0 aromatic rings. The summed E-state index contributed by atoms with van der Waals surface area (Å²) in [4.78, 5) is 24.6. The Morgan fingerprint density at radius 1 is 0.400 bits per heavy atom. The van der Waals surface area contributed by atoms with Gasteiger partial charge >= 0.3 is 5.97 Å². The van der Waals surface area contributed by atoms with Crippen LogP contribution in [-0.4, -0.2) is 47.4 Å². The third kappa shape index (κ3) is 55.1. The summed E-state index contributed by atoms with van der Waals surface area (Å²) in [6, 6.07) is -0.668. The van der Waals surface area contributed by atoms with Gasteiger partial charge in [-0.15, -0.1) is 0 Å². The number of esters is 1. The van der Waals surface area contributed by atoms with Crippen molar-refractivity contribution in [3.05, 3.63) is 48.6 Å². The van der Waals surface area contributed by atoms with Gasteiger partial charge in [-0.1, -0.05) is 274 Å². The van der Waals surface area contributed by atoms with Crippen molar-refractivity contribution in [3.63, 3.8) is 0 Å². The Morgan fingerprint density at radius 2 is 0.729 bits per heavy atom. The molecule has 0 aliphatic rings. The van der Waals surface area contributed by atoms with Crippen LogP contribution in [0.1, 0.15) is 322 Å². The molecular formula is C64H119NO5. The molecule has 0 rings (SSSR count). The number of rotatable bonds is 57. The van der Waals surface area contributed by atoms with Gasteiger partial charge in [0.25, 0.3) is 0 Å². The van der Waals surface area contributed by atoms with E-state index in [2.05, 4.69) is 55.6 Å².